The van der Waals surface area contributed by atoms with E-state index in [4.69, 9.17) is 0 Å². The van der Waals surface area contributed by atoms with Crippen LogP contribution in [0.15, 0.2) is 90.0 Å². The van der Waals surface area contributed by atoms with Gasteiger partial charge in [-0.2, -0.15) is 0 Å². The number of fused-ring (bicyclic) bond motifs is 1. The van der Waals surface area contributed by atoms with Gasteiger partial charge in [0.25, 0.3) is 11.5 Å². The number of hydrogen-bond acceptors (Lipinski definition) is 4. The summed E-state index contributed by atoms with van der Waals surface area (Å²) < 4.78 is 18.2. The van der Waals surface area contributed by atoms with E-state index in [2.05, 4.69) is 10.3 Å². The smallest absolute Gasteiger partial charge is 0.284 e. The number of hydrogen-bond donors (Lipinski definition) is 2. The molecule has 2 aromatic heterocycles. The highest BCUT2D eigenvalue weighted by Gasteiger charge is 2.24. The van der Waals surface area contributed by atoms with Crippen molar-refractivity contribution in [3.8, 4) is 16.8 Å². The number of amides is 1. The molecule has 8 heteroatoms. The van der Waals surface area contributed by atoms with Crippen molar-refractivity contribution >= 4 is 22.4 Å². The van der Waals surface area contributed by atoms with Crippen molar-refractivity contribution in [3.63, 3.8) is 0 Å². The molecule has 0 saturated heterocycles. The highest BCUT2D eigenvalue weighted by atomic mass is 19.1. The topological polar surface area (TPSA) is 89.2 Å². The number of pyridine rings is 1. The van der Waals surface area contributed by atoms with Gasteiger partial charge in [0.1, 0.15) is 11.4 Å². The van der Waals surface area contributed by atoms with Crippen molar-refractivity contribution in [1.29, 1.82) is 0 Å². The van der Waals surface area contributed by atoms with Gasteiger partial charge in [0.05, 0.1) is 24.0 Å². The van der Waals surface area contributed by atoms with Crippen LogP contribution in [0, 0.1) is 12.7 Å². The molecule has 2 heterocycles. The number of halogens is 1. The lowest BCUT2D eigenvalue weighted by Crippen LogP contribution is -2.27. The number of carbonyl (C=O) groups is 1. The lowest BCUT2D eigenvalue weighted by atomic mass is 9.99. The average Bonchev–Trinajstić information content (AvgIpc) is 3.13. The molecular weight excluding hydrogens is 471 g/mol. The van der Waals surface area contributed by atoms with Crippen molar-refractivity contribution in [2.75, 3.05) is 5.32 Å². The third-order valence-electron chi connectivity index (χ3n) is 6.26. The third kappa shape index (κ3) is 4.54. The highest BCUT2D eigenvalue weighted by Crippen LogP contribution is 2.31. The van der Waals surface area contributed by atoms with Crippen LogP contribution in [0.5, 0.6) is 0 Å². The number of nitrogens with zero attached hydrogens (tertiary/aromatic N) is 3. The van der Waals surface area contributed by atoms with Crippen LogP contribution >= 0.6 is 0 Å². The van der Waals surface area contributed by atoms with Crippen LogP contribution in [0.2, 0.25) is 0 Å². The normalized spacial score (nSPS) is 12.0. The zero-order valence-electron chi connectivity index (χ0n) is 20.4. The molecule has 0 aliphatic rings. The van der Waals surface area contributed by atoms with Gasteiger partial charge in [-0.1, -0.05) is 36.4 Å². The van der Waals surface area contributed by atoms with Gasteiger partial charge < -0.3 is 10.4 Å². The second-order valence-corrected chi connectivity index (χ2v) is 8.90. The molecule has 0 fully saturated rings. The summed E-state index contributed by atoms with van der Waals surface area (Å²) in [4.78, 5) is 30.7. The molecule has 7 nitrogen and oxygen atoms in total. The number of para-hydroxylation sites is 1. The summed E-state index contributed by atoms with van der Waals surface area (Å²) in [5.41, 5.74) is 1.69. The average molecular weight is 497 g/mol. The zero-order valence-corrected chi connectivity index (χ0v) is 20.4. The second-order valence-electron chi connectivity index (χ2n) is 8.90. The van der Waals surface area contributed by atoms with Crippen molar-refractivity contribution < 1.29 is 14.3 Å². The van der Waals surface area contributed by atoms with Gasteiger partial charge >= 0.3 is 0 Å². The molecule has 0 bridgehead atoms. The van der Waals surface area contributed by atoms with Crippen LogP contribution in [0.3, 0.4) is 0 Å². The zero-order chi connectivity index (χ0) is 26.1. The minimum atomic E-state index is -0.747. The maximum atomic E-state index is 15.2. The number of rotatable bonds is 6. The molecular formula is C29H25FN4O3. The quantitative estimate of drug-likeness (QED) is 0.349. The van der Waals surface area contributed by atoms with Gasteiger partial charge in [0.15, 0.2) is 0 Å². The Morgan fingerprint density at radius 2 is 1.84 bits per heavy atom. The fraction of sp³-hybridized carbons (Fsp3) is 0.138. The van der Waals surface area contributed by atoms with E-state index >= 15 is 4.39 Å². The first-order chi connectivity index (χ1) is 17.8. The maximum absolute atomic E-state index is 15.2. The first-order valence-electron chi connectivity index (χ1n) is 11.8. The third-order valence-corrected chi connectivity index (χ3v) is 6.26. The summed E-state index contributed by atoms with van der Waals surface area (Å²) >= 11 is 0. The van der Waals surface area contributed by atoms with E-state index in [1.807, 2.05) is 30.3 Å². The van der Waals surface area contributed by atoms with E-state index in [1.165, 1.54) is 10.7 Å². The molecule has 0 spiro atoms. The Labute approximate surface area is 212 Å². The second kappa shape index (κ2) is 9.83. The number of aliphatic hydroxyl groups is 1. The number of anilines is 1. The monoisotopic (exact) mass is 496 g/mol. The Morgan fingerprint density at radius 3 is 2.57 bits per heavy atom. The first-order valence-corrected chi connectivity index (χ1v) is 11.8. The molecule has 1 atom stereocenters. The van der Waals surface area contributed by atoms with Gasteiger partial charge in [-0.25, -0.2) is 9.07 Å². The van der Waals surface area contributed by atoms with Crippen LogP contribution in [-0.2, 0) is 6.54 Å². The summed E-state index contributed by atoms with van der Waals surface area (Å²) in [7, 11) is 0. The lowest BCUT2D eigenvalue weighted by Gasteiger charge is -2.15. The summed E-state index contributed by atoms with van der Waals surface area (Å²) in [5.74, 6) is -1.16. The van der Waals surface area contributed by atoms with Gasteiger partial charge in [0.2, 0.25) is 0 Å². The molecule has 37 heavy (non-hydrogen) atoms. The molecule has 186 valence electrons. The largest absolute Gasteiger partial charge is 0.391 e. The summed E-state index contributed by atoms with van der Waals surface area (Å²) in [6.45, 7) is 3.38. The van der Waals surface area contributed by atoms with E-state index < -0.39 is 23.4 Å². The number of nitrogens with one attached hydrogen (secondary N) is 1. The molecule has 0 aliphatic heterocycles. The summed E-state index contributed by atoms with van der Waals surface area (Å²) in [5, 5.41) is 14.4. The molecule has 3 aromatic carbocycles. The number of carbonyl (C=O) groups excluding carboxylic acids is 1. The minimum Gasteiger partial charge on any atom is -0.391 e. The standard InChI is InChI=1S/C29H25FN4O3/c1-18(35)17-33-19(2)27(29(37)34(33)22-8-4-3-5-9-22)28(36)32-21-11-12-25(26(30)15-21)24-10-6-7-20-16-31-14-13-23(20)24/h3-16,18,35H,17H2,1-2H3,(H,32,36)/t18-/m0/s1. The fourth-order valence-corrected chi connectivity index (χ4v) is 4.57. The molecule has 1 amide bonds. The van der Waals surface area contributed by atoms with Crippen LogP contribution in [0.1, 0.15) is 23.0 Å². The Bertz CT molecular complexity index is 1670. The van der Waals surface area contributed by atoms with E-state index in [9.17, 15) is 14.7 Å². The van der Waals surface area contributed by atoms with Gasteiger partial charge in [0, 0.05) is 29.0 Å². The Hall–Kier alpha value is -4.56. The molecule has 0 saturated carbocycles. The molecule has 5 rings (SSSR count). The van der Waals surface area contributed by atoms with Crippen LogP contribution < -0.4 is 10.9 Å². The van der Waals surface area contributed by atoms with Crippen LogP contribution in [0.25, 0.3) is 27.6 Å². The van der Waals surface area contributed by atoms with Gasteiger partial charge in [-0.15, -0.1) is 0 Å². The first kappa shape index (κ1) is 24.1. The highest BCUT2D eigenvalue weighted by molar-refractivity contribution is 6.05. The van der Waals surface area contributed by atoms with Crippen LogP contribution in [-0.4, -0.2) is 31.5 Å². The maximum Gasteiger partial charge on any atom is 0.284 e. The van der Waals surface area contributed by atoms with Crippen molar-refractivity contribution in [3.05, 3.63) is 113 Å². The SMILES string of the molecule is Cc1c(C(=O)Nc2ccc(-c3cccc4cnccc34)c(F)c2)c(=O)n(-c2ccccc2)n1C[C@H](C)O. The molecule has 0 aliphatic carbocycles. The predicted molar refractivity (Wildman–Crippen MR) is 142 cm³/mol. The molecule has 5 aromatic rings. The number of benzene rings is 3. The fourth-order valence-electron chi connectivity index (χ4n) is 4.57. The summed E-state index contributed by atoms with van der Waals surface area (Å²) in [6, 6.07) is 20.8. The molecule has 2 N–H and O–H groups in total. The Kier molecular flexibility index (Phi) is 6.42. The van der Waals surface area contributed by atoms with Crippen molar-refractivity contribution in [2.45, 2.75) is 26.5 Å². The van der Waals surface area contributed by atoms with E-state index in [1.54, 1.807) is 67.3 Å². The van der Waals surface area contributed by atoms with E-state index in [-0.39, 0.29) is 17.8 Å². The molecule has 0 unspecified atom stereocenters. The van der Waals surface area contributed by atoms with E-state index in [0.29, 0.717) is 22.5 Å². The number of aromatic nitrogens is 3. The van der Waals surface area contributed by atoms with Gasteiger partial charge in [-0.3, -0.25) is 19.3 Å². The van der Waals surface area contributed by atoms with Crippen molar-refractivity contribution in [1.82, 2.24) is 14.3 Å². The Morgan fingerprint density at radius 1 is 1.05 bits per heavy atom. The lowest BCUT2D eigenvalue weighted by molar-refractivity contribution is 0.102. The Balaban J connectivity index is 1.50. The number of aliphatic hydroxyl groups excluding tert-OH is 1. The minimum absolute atomic E-state index is 0.0736. The van der Waals surface area contributed by atoms with Crippen molar-refractivity contribution in [2.24, 2.45) is 0 Å². The van der Waals surface area contributed by atoms with E-state index in [0.717, 1.165) is 10.8 Å². The molecule has 0 radical (unpaired) electrons. The summed E-state index contributed by atoms with van der Waals surface area (Å²) in [6.07, 6.45) is 2.63. The van der Waals surface area contributed by atoms with Gasteiger partial charge in [-0.05, 0) is 61.2 Å². The predicted octanol–water partition coefficient (Wildman–Crippen LogP) is 4.93. The van der Waals surface area contributed by atoms with Crippen LogP contribution in [0.4, 0.5) is 10.1 Å².